The van der Waals surface area contributed by atoms with E-state index in [2.05, 4.69) is 20.9 Å². The molecule has 2 N–H and O–H groups in total. The number of ether oxygens (including phenoxy) is 1. The Morgan fingerprint density at radius 2 is 1.66 bits per heavy atom. The molecule has 150 valence electrons. The van der Waals surface area contributed by atoms with Gasteiger partial charge in [0.15, 0.2) is 5.69 Å². The summed E-state index contributed by atoms with van der Waals surface area (Å²) >= 11 is 5.83. The molecule has 8 nitrogen and oxygen atoms in total. The summed E-state index contributed by atoms with van der Waals surface area (Å²) in [4.78, 5) is 24.7. The van der Waals surface area contributed by atoms with Gasteiger partial charge in [-0.05, 0) is 62.4 Å². The number of nitrogens with zero attached hydrogens (tertiary/aromatic N) is 3. The number of hydrogen-bond acceptors (Lipinski definition) is 5. The first-order valence-corrected chi connectivity index (χ1v) is 9.33. The van der Waals surface area contributed by atoms with Crippen LogP contribution in [0.4, 0.5) is 11.4 Å². The second-order valence-corrected chi connectivity index (χ2v) is 6.58. The fraction of sp³-hybridized carbons (Fsp3) is 0.200. The average Bonchev–Trinajstić information content (AvgIpc) is 3.06. The van der Waals surface area contributed by atoms with Gasteiger partial charge in [0, 0.05) is 16.4 Å². The lowest BCUT2D eigenvalue weighted by Gasteiger charge is -2.07. The molecule has 3 aromatic rings. The lowest BCUT2D eigenvalue weighted by Crippen LogP contribution is -2.21. The highest BCUT2D eigenvalue weighted by atomic mass is 35.5. The summed E-state index contributed by atoms with van der Waals surface area (Å²) in [5.41, 5.74) is 1.86. The van der Waals surface area contributed by atoms with Gasteiger partial charge in [-0.2, -0.15) is 0 Å². The van der Waals surface area contributed by atoms with Gasteiger partial charge in [-0.25, -0.2) is 4.68 Å². The van der Waals surface area contributed by atoms with Crippen LogP contribution in [0.2, 0.25) is 5.02 Å². The van der Waals surface area contributed by atoms with Crippen LogP contribution in [-0.2, 0) is 11.3 Å². The summed E-state index contributed by atoms with van der Waals surface area (Å²) < 4.78 is 6.75. The number of carbonyl (C=O) groups excluding carboxylic acids is 2. The quantitative estimate of drug-likeness (QED) is 0.617. The second-order valence-electron chi connectivity index (χ2n) is 6.15. The zero-order valence-corrected chi connectivity index (χ0v) is 16.7. The predicted molar refractivity (Wildman–Crippen MR) is 110 cm³/mol. The van der Waals surface area contributed by atoms with Crippen molar-refractivity contribution in [3.05, 3.63) is 64.9 Å². The van der Waals surface area contributed by atoms with Crippen LogP contribution in [0.5, 0.6) is 5.75 Å². The van der Waals surface area contributed by atoms with Crippen LogP contribution in [-0.4, -0.2) is 33.4 Å². The summed E-state index contributed by atoms with van der Waals surface area (Å²) in [6, 6.07) is 13.8. The molecule has 0 aliphatic heterocycles. The van der Waals surface area contributed by atoms with Gasteiger partial charge in [0.25, 0.3) is 5.91 Å². The maximum Gasteiger partial charge on any atom is 0.278 e. The highest BCUT2D eigenvalue weighted by Gasteiger charge is 2.18. The van der Waals surface area contributed by atoms with Crippen molar-refractivity contribution < 1.29 is 14.3 Å². The third kappa shape index (κ3) is 5.32. The van der Waals surface area contributed by atoms with Crippen molar-refractivity contribution in [2.45, 2.75) is 20.4 Å². The van der Waals surface area contributed by atoms with Crippen LogP contribution in [0.1, 0.15) is 23.1 Å². The predicted octanol–water partition coefficient (Wildman–Crippen LogP) is 3.53. The van der Waals surface area contributed by atoms with Crippen molar-refractivity contribution in [3.63, 3.8) is 0 Å². The highest BCUT2D eigenvalue weighted by molar-refractivity contribution is 6.30. The molecule has 0 fully saturated rings. The van der Waals surface area contributed by atoms with Gasteiger partial charge in [0.2, 0.25) is 5.91 Å². The molecule has 29 heavy (non-hydrogen) atoms. The van der Waals surface area contributed by atoms with Crippen LogP contribution >= 0.6 is 11.6 Å². The summed E-state index contributed by atoms with van der Waals surface area (Å²) in [5.74, 6) is 0.0223. The number of aromatic nitrogens is 3. The number of carbonyl (C=O) groups is 2. The molecule has 0 saturated carbocycles. The Morgan fingerprint density at radius 1 is 1.03 bits per heavy atom. The Kier molecular flexibility index (Phi) is 6.46. The van der Waals surface area contributed by atoms with E-state index in [1.165, 1.54) is 4.68 Å². The molecule has 1 aromatic heterocycles. The van der Waals surface area contributed by atoms with Gasteiger partial charge in [0.05, 0.1) is 12.3 Å². The molecule has 0 bridgehead atoms. The van der Waals surface area contributed by atoms with Gasteiger partial charge in [-0.15, -0.1) is 5.10 Å². The van der Waals surface area contributed by atoms with E-state index in [0.29, 0.717) is 28.7 Å². The number of benzene rings is 2. The molecule has 3 rings (SSSR count). The average molecular weight is 414 g/mol. The number of amides is 2. The van der Waals surface area contributed by atoms with E-state index in [-0.39, 0.29) is 18.1 Å². The van der Waals surface area contributed by atoms with Crippen LogP contribution < -0.4 is 15.4 Å². The highest BCUT2D eigenvalue weighted by Crippen LogP contribution is 2.17. The molecular formula is C20H20ClN5O3. The minimum atomic E-state index is -0.406. The summed E-state index contributed by atoms with van der Waals surface area (Å²) in [5, 5.41) is 13.9. The Bertz CT molecular complexity index is 1000. The topological polar surface area (TPSA) is 98.1 Å². The molecule has 0 radical (unpaired) electrons. The molecule has 0 unspecified atom stereocenters. The molecule has 0 spiro atoms. The number of hydrogen-bond donors (Lipinski definition) is 2. The molecule has 0 saturated heterocycles. The first-order valence-electron chi connectivity index (χ1n) is 8.96. The zero-order valence-electron chi connectivity index (χ0n) is 16.0. The van der Waals surface area contributed by atoms with E-state index in [9.17, 15) is 9.59 Å². The lowest BCUT2D eigenvalue weighted by molar-refractivity contribution is -0.117. The lowest BCUT2D eigenvalue weighted by atomic mass is 10.2. The van der Waals surface area contributed by atoms with Crippen molar-refractivity contribution in [3.8, 4) is 5.75 Å². The van der Waals surface area contributed by atoms with Crippen molar-refractivity contribution in [2.75, 3.05) is 17.2 Å². The molecule has 0 atom stereocenters. The van der Waals surface area contributed by atoms with Crippen molar-refractivity contribution >= 4 is 34.8 Å². The first-order chi connectivity index (χ1) is 14.0. The molecule has 0 aliphatic rings. The van der Waals surface area contributed by atoms with E-state index in [4.69, 9.17) is 16.3 Å². The summed E-state index contributed by atoms with van der Waals surface area (Å²) in [7, 11) is 0. The summed E-state index contributed by atoms with van der Waals surface area (Å²) in [6.07, 6.45) is 0. The summed E-state index contributed by atoms with van der Waals surface area (Å²) in [6.45, 7) is 4.08. The normalized spacial score (nSPS) is 10.4. The SMILES string of the molecule is CCOc1ccc(NC(=O)c2nnn(CC(=O)Nc3ccc(Cl)cc3)c2C)cc1. The Balaban J connectivity index is 1.62. The van der Waals surface area contributed by atoms with E-state index >= 15 is 0 Å². The Morgan fingerprint density at radius 3 is 2.31 bits per heavy atom. The number of anilines is 2. The van der Waals surface area contributed by atoms with Crippen LogP contribution in [0.15, 0.2) is 48.5 Å². The number of rotatable bonds is 7. The maximum atomic E-state index is 12.5. The van der Waals surface area contributed by atoms with Crippen molar-refractivity contribution in [2.24, 2.45) is 0 Å². The second kappa shape index (κ2) is 9.20. The maximum absolute atomic E-state index is 12.5. The fourth-order valence-electron chi connectivity index (χ4n) is 2.58. The molecule has 2 aromatic carbocycles. The van der Waals surface area contributed by atoms with Crippen LogP contribution in [0.25, 0.3) is 0 Å². The molecule has 1 heterocycles. The first kappa shape index (κ1) is 20.3. The van der Waals surface area contributed by atoms with E-state index in [0.717, 1.165) is 5.75 Å². The minimum absolute atomic E-state index is 0.0716. The number of halogens is 1. The third-order valence-corrected chi connectivity index (χ3v) is 4.29. The molecule has 0 aliphatic carbocycles. The minimum Gasteiger partial charge on any atom is -0.494 e. The van der Waals surface area contributed by atoms with Crippen molar-refractivity contribution in [1.82, 2.24) is 15.0 Å². The van der Waals surface area contributed by atoms with Gasteiger partial charge >= 0.3 is 0 Å². The number of nitrogens with one attached hydrogen (secondary N) is 2. The monoisotopic (exact) mass is 413 g/mol. The largest absolute Gasteiger partial charge is 0.494 e. The fourth-order valence-corrected chi connectivity index (χ4v) is 2.71. The smallest absolute Gasteiger partial charge is 0.278 e. The van der Waals surface area contributed by atoms with Crippen molar-refractivity contribution in [1.29, 1.82) is 0 Å². The zero-order chi connectivity index (χ0) is 20.8. The Hall–Kier alpha value is -3.39. The van der Waals surface area contributed by atoms with Crippen LogP contribution in [0.3, 0.4) is 0 Å². The molecule has 2 amide bonds. The van der Waals surface area contributed by atoms with E-state index in [1.54, 1.807) is 55.5 Å². The molecular weight excluding hydrogens is 394 g/mol. The van der Waals surface area contributed by atoms with Crippen LogP contribution in [0, 0.1) is 6.92 Å². The van der Waals surface area contributed by atoms with Gasteiger partial charge in [-0.3, -0.25) is 9.59 Å². The van der Waals surface area contributed by atoms with E-state index < -0.39 is 5.91 Å². The van der Waals surface area contributed by atoms with Gasteiger partial charge in [0.1, 0.15) is 12.3 Å². The van der Waals surface area contributed by atoms with Gasteiger partial charge in [-0.1, -0.05) is 16.8 Å². The Labute approximate surface area is 172 Å². The third-order valence-electron chi connectivity index (χ3n) is 4.04. The van der Waals surface area contributed by atoms with Gasteiger partial charge < -0.3 is 15.4 Å². The van der Waals surface area contributed by atoms with E-state index in [1.807, 2.05) is 6.92 Å². The molecule has 9 heteroatoms. The standard InChI is InChI=1S/C20H20ClN5O3/c1-3-29-17-10-8-16(9-11-17)23-20(28)19-13(2)26(25-24-19)12-18(27)22-15-6-4-14(21)5-7-15/h4-11H,3,12H2,1-2H3,(H,22,27)(H,23,28).